The van der Waals surface area contributed by atoms with E-state index < -0.39 is 0 Å². The van der Waals surface area contributed by atoms with Gasteiger partial charge in [0.25, 0.3) is 5.91 Å². The Labute approximate surface area is 166 Å². The summed E-state index contributed by atoms with van der Waals surface area (Å²) >= 11 is 0. The van der Waals surface area contributed by atoms with Gasteiger partial charge in [0.1, 0.15) is 0 Å². The highest BCUT2D eigenvalue weighted by molar-refractivity contribution is 6.32. The summed E-state index contributed by atoms with van der Waals surface area (Å²) in [5, 5.41) is 6.35. The topological polar surface area (TPSA) is 62.8 Å². The molecule has 0 fully saturated rings. The first kappa shape index (κ1) is 19.8. The van der Waals surface area contributed by atoms with Gasteiger partial charge in [0.2, 0.25) is 0 Å². The molecule has 0 saturated heterocycles. The Morgan fingerprint density at radius 1 is 1.07 bits per heavy atom. The number of hydrogen-bond donors (Lipinski definition) is 2. The number of ether oxygens (including phenoxy) is 2. The van der Waals surface area contributed by atoms with Crippen molar-refractivity contribution in [3.63, 3.8) is 0 Å². The highest BCUT2D eigenvalue weighted by Gasteiger charge is 2.29. The summed E-state index contributed by atoms with van der Waals surface area (Å²) in [6, 6.07) is 11.9. The molecule has 0 atom stereocenters. The average Bonchev–Trinajstić information content (AvgIpc) is 3.00. The normalized spacial score (nSPS) is 14.6. The first-order valence-electron chi connectivity index (χ1n) is 9.28. The number of fused-ring (bicyclic) bond motifs is 1. The van der Waals surface area contributed by atoms with E-state index in [1.807, 2.05) is 39.2 Å². The molecule has 1 amide bonds. The molecule has 1 aliphatic rings. The van der Waals surface area contributed by atoms with E-state index in [0.29, 0.717) is 23.5 Å². The van der Waals surface area contributed by atoms with Crippen LogP contribution in [0.1, 0.15) is 24.5 Å². The minimum atomic E-state index is -0.126. The second-order valence-corrected chi connectivity index (χ2v) is 6.97. The van der Waals surface area contributed by atoms with Crippen molar-refractivity contribution < 1.29 is 14.3 Å². The van der Waals surface area contributed by atoms with Crippen LogP contribution in [0.3, 0.4) is 0 Å². The number of nitrogens with one attached hydrogen (secondary N) is 2. The predicted molar refractivity (Wildman–Crippen MR) is 113 cm³/mol. The number of amides is 1. The first-order valence-corrected chi connectivity index (χ1v) is 9.28. The van der Waals surface area contributed by atoms with Crippen molar-refractivity contribution in [2.24, 2.45) is 0 Å². The average molecular weight is 381 g/mol. The maximum Gasteiger partial charge on any atom is 0.258 e. The number of benzene rings is 2. The lowest BCUT2D eigenvalue weighted by molar-refractivity contribution is -0.110. The fourth-order valence-electron chi connectivity index (χ4n) is 3.36. The van der Waals surface area contributed by atoms with Gasteiger partial charge in [-0.15, -0.1) is 0 Å². The lowest BCUT2D eigenvalue weighted by Gasteiger charge is -2.15. The molecule has 0 bridgehead atoms. The van der Waals surface area contributed by atoms with Gasteiger partial charge in [-0.3, -0.25) is 4.79 Å². The standard InChI is InChI=1S/C22H27N3O3/c1-6-17(23-15-9-7-14(8-10-15)13-25(2)3)21-16-11-19(27-4)20(28-5)12-18(16)24-22(21)26/h7-12,23H,6,13H2,1-5H3,(H,24,26)/b21-17-. The molecule has 0 radical (unpaired) electrons. The van der Waals surface area contributed by atoms with Crippen molar-refractivity contribution in [3.05, 3.63) is 53.2 Å². The van der Waals surface area contributed by atoms with Gasteiger partial charge in [0.05, 0.1) is 25.5 Å². The Hall–Kier alpha value is -2.99. The SMILES string of the molecule is CC/C(Nc1ccc(CN(C)C)cc1)=C1/C(=O)Nc2cc(OC)c(OC)cc21. The van der Waals surface area contributed by atoms with Gasteiger partial charge in [0, 0.05) is 29.6 Å². The predicted octanol–water partition coefficient (Wildman–Crippen LogP) is 3.95. The molecule has 0 unspecified atom stereocenters. The van der Waals surface area contributed by atoms with Crippen molar-refractivity contribution in [3.8, 4) is 11.5 Å². The van der Waals surface area contributed by atoms with Crippen molar-refractivity contribution in [2.75, 3.05) is 38.9 Å². The first-order chi connectivity index (χ1) is 13.5. The molecule has 6 nitrogen and oxygen atoms in total. The molecule has 0 spiro atoms. The van der Waals surface area contributed by atoms with Crippen molar-refractivity contribution in [2.45, 2.75) is 19.9 Å². The second-order valence-electron chi connectivity index (χ2n) is 6.97. The summed E-state index contributed by atoms with van der Waals surface area (Å²) in [5.41, 5.74) is 5.23. The van der Waals surface area contributed by atoms with Crippen LogP contribution in [0, 0.1) is 0 Å². The number of anilines is 2. The van der Waals surface area contributed by atoms with E-state index in [4.69, 9.17) is 9.47 Å². The maximum absolute atomic E-state index is 12.7. The van der Waals surface area contributed by atoms with Crippen LogP contribution in [0.4, 0.5) is 11.4 Å². The minimum Gasteiger partial charge on any atom is -0.493 e. The van der Waals surface area contributed by atoms with E-state index in [-0.39, 0.29) is 5.91 Å². The third kappa shape index (κ3) is 3.97. The van der Waals surface area contributed by atoms with Crippen molar-refractivity contribution in [1.82, 2.24) is 4.90 Å². The van der Waals surface area contributed by atoms with Gasteiger partial charge >= 0.3 is 0 Å². The number of hydrogen-bond acceptors (Lipinski definition) is 5. The van der Waals surface area contributed by atoms with E-state index in [9.17, 15) is 4.79 Å². The van der Waals surface area contributed by atoms with E-state index in [1.165, 1.54) is 5.56 Å². The zero-order valence-electron chi connectivity index (χ0n) is 17.1. The lowest BCUT2D eigenvalue weighted by Crippen LogP contribution is -2.11. The van der Waals surface area contributed by atoms with Crippen LogP contribution in [-0.4, -0.2) is 39.1 Å². The lowest BCUT2D eigenvalue weighted by atomic mass is 10.0. The molecular weight excluding hydrogens is 354 g/mol. The van der Waals surface area contributed by atoms with Crippen LogP contribution < -0.4 is 20.1 Å². The molecular formula is C22H27N3O3. The second kappa shape index (κ2) is 8.35. The molecule has 0 aliphatic carbocycles. The van der Waals surface area contributed by atoms with Crippen LogP contribution in [-0.2, 0) is 11.3 Å². The van der Waals surface area contributed by atoms with Gasteiger partial charge in [-0.1, -0.05) is 19.1 Å². The number of rotatable bonds is 7. The fraction of sp³-hybridized carbons (Fsp3) is 0.318. The molecule has 6 heteroatoms. The van der Waals surface area contributed by atoms with Gasteiger partial charge in [-0.05, 0) is 44.3 Å². The molecule has 3 rings (SSSR count). The van der Waals surface area contributed by atoms with E-state index in [2.05, 4.69) is 27.7 Å². The quantitative estimate of drug-likeness (QED) is 0.711. The molecule has 2 N–H and O–H groups in total. The molecule has 1 aliphatic heterocycles. The van der Waals surface area contributed by atoms with Crippen LogP contribution in [0.25, 0.3) is 5.57 Å². The van der Waals surface area contributed by atoms with Crippen LogP contribution in [0.15, 0.2) is 42.1 Å². The van der Waals surface area contributed by atoms with Gasteiger partial charge < -0.3 is 25.0 Å². The fourth-order valence-corrected chi connectivity index (χ4v) is 3.36. The largest absolute Gasteiger partial charge is 0.493 e. The molecule has 2 aromatic rings. The Bertz CT molecular complexity index is 902. The van der Waals surface area contributed by atoms with Crippen LogP contribution in [0.5, 0.6) is 11.5 Å². The Morgan fingerprint density at radius 3 is 2.29 bits per heavy atom. The number of nitrogens with zero attached hydrogens (tertiary/aromatic N) is 1. The molecule has 148 valence electrons. The monoisotopic (exact) mass is 381 g/mol. The smallest absolute Gasteiger partial charge is 0.258 e. The summed E-state index contributed by atoms with van der Waals surface area (Å²) in [4.78, 5) is 14.8. The van der Waals surface area contributed by atoms with Gasteiger partial charge in [-0.2, -0.15) is 0 Å². The Morgan fingerprint density at radius 2 is 1.71 bits per heavy atom. The van der Waals surface area contributed by atoms with E-state index in [0.717, 1.165) is 29.2 Å². The van der Waals surface area contributed by atoms with E-state index in [1.54, 1.807) is 20.3 Å². The third-order valence-corrected chi connectivity index (χ3v) is 4.67. The van der Waals surface area contributed by atoms with Crippen LogP contribution >= 0.6 is 0 Å². The summed E-state index contributed by atoms with van der Waals surface area (Å²) in [5.74, 6) is 1.06. The third-order valence-electron chi connectivity index (χ3n) is 4.67. The maximum atomic E-state index is 12.7. The van der Waals surface area contributed by atoms with Gasteiger partial charge in [-0.25, -0.2) is 0 Å². The molecule has 1 heterocycles. The summed E-state index contributed by atoms with van der Waals surface area (Å²) in [6.07, 6.45) is 0.690. The highest BCUT2D eigenvalue weighted by atomic mass is 16.5. The molecule has 2 aromatic carbocycles. The van der Waals surface area contributed by atoms with Crippen molar-refractivity contribution >= 4 is 22.9 Å². The number of allylic oxidation sites excluding steroid dienone is 1. The zero-order valence-corrected chi connectivity index (χ0v) is 17.1. The number of carbonyl (C=O) groups is 1. The Kier molecular flexibility index (Phi) is 5.90. The molecule has 0 saturated carbocycles. The number of methoxy groups -OCH3 is 2. The van der Waals surface area contributed by atoms with Crippen molar-refractivity contribution in [1.29, 1.82) is 0 Å². The molecule has 28 heavy (non-hydrogen) atoms. The summed E-state index contributed by atoms with van der Waals surface area (Å²) < 4.78 is 10.8. The van der Waals surface area contributed by atoms with Gasteiger partial charge in [0.15, 0.2) is 11.5 Å². The summed E-state index contributed by atoms with van der Waals surface area (Å²) in [6.45, 7) is 2.92. The number of carbonyl (C=O) groups excluding carboxylic acids is 1. The van der Waals surface area contributed by atoms with Crippen LogP contribution in [0.2, 0.25) is 0 Å². The molecule has 0 aromatic heterocycles. The zero-order chi connectivity index (χ0) is 20.3. The minimum absolute atomic E-state index is 0.126. The van der Waals surface area contributed by atoms with E-state index >= 15 is 0 Å². The summed E-state index contributed by atoms with van der Waals surface area (Å²) in [7, 11) is 7.26. The highest BCUT2D eigenvalue weighted by Crippen LogP contribution is 2.42. The Balaban J connectivity index is 1.96.